The van der Waals surface area contributed by atoms with Crippen molar-refractivity contribution in [2.75, 3.05) is 13.1 Å². The summed E-state index contributed by atoms with van der Waals surface area (Å²) in [6, 6.07) is 3.53. The van der Waals surface area contributed by atoms with Crippen LogP contribution in [0.2, 0.25) is 0 Å². The van der Waals surface area contributed by atoms with Gasteiger partial charge in [0.05, 0.1) is 12.2 Å². The molecule has 2 aromatic rings. The van der Waals surface area contributed by atoms with Crippen LogP contribution in [0.4, 0.5) is 0 Å². The zero-order chi connectivity index (χ0) is 19.7. The maximum Gasteiger partial charge on any atom is 0.266 e. The first kappa shape index (κ1) is 19.3. The van der Waals surface area contributed by atoms with E-state index in [0.717, 1.165) is 69.3 Å². The van der Waals surface area contributed by atoms with E-state index in [1.165, 1.54) is 12.8 Å². The Bertz CT molecular complexity index is 870. The average Bonchev–Trinajstić information content (AvgIpc) is 3.07. The standard InChI is InChI=1S/C21H32N6O/c1-21(2,3)17-7-8-20(28)27(24-17)14-16-9-12-25(13-10-16)15-19-23-22-18-6-4-5-11-26(18)19/h7-8,16H,4-6,9-15H2,1-3H3. The minimum Gasteiger partial charge on any atom is -0.314 e. The lowest BCUT2D eigenvalue weighted by Gasteiger charge is -2.32. The molecule has 7 nitrogen and oxygen atoms in total. The topological polar surface area (TPSA) is 68.8 Å². The van der Waals surface area contributed by atoms with Crippen molar-refractivity contribution in [3.05, 3.63) is 39.8 Å². The molecule has 2 aromatic heterocycles. The van der Waals surface area contributed by atoms with Gasteiger partial charge in [-0.05, 0) is 50.8 Å². The summed E-state index contributed by atoms with van der Waals surface area (Å²) in [7, 11) is 0. The molecule has 28 heavy (non-hydrogen) atoms. The summed E-state index contributed by atoms with van der Waals surface area (Å²) in [4.78, 5) is 14.7. The maximum absolute atomic E-state index is 12.3. The fraction of sp³-hybridized carbons (Fsp3) is 0.714. The molecule has 4 heterocycles. The Hall–Kier alpha value is -2.02. The third kappa shape index (κ3) is 4.19. The van der Waals surface area contributed by atoms with Crippen molar-refractivity contribution in [2.45, 2.75) is 77.9 Å². The predicted molar refractivity (Wildman–Crippen MR) is 108 cm³/mol. The van der Waals surface area contributed by atoms with Gasteiger partial charge in [0.1, 0.15) is 11.6 Å². The number of hydrogen-bond acceptors (Lipinski definition) is 5. The molecular formula is C21H32N6O. The lowest BCUT2D eigenvalue weighted by Crippen LogP contribution is -2.37. The molecule has 2 aliphatic rings. The van der Waals surface area contributed by atoms with Gasteiger partial charge >= 0.3 is 0 Å². The molecular weight excluding hydrogens is 352 g/mol. The summed E-state index contributed by atoms with van der Waals surface area (Å²) in [5, 5.41) is 13.4. The fourth-order valence-electron chi connectivity index (χ4n) is 4.24. The quantitative estimate of drug-likeness (QED) is 0.810. The van der Waals surface area contributed by atoms with Crippen LogP contribution >= 0.6 is 0 Å². The molecule has 1 fully saturated rings. The Labute approximate surface area is 166 Å². The minimum atomic E-state index is -0.0454. The maximum atomic E-state index is 12.3. The van der Waals surface area contributed by atoms with Crippen LogP contribution < -0.4 is 5.56 Å². The predicted octanol–water partition coefficient (Wildman–Crippen LogP) is 2.38. The first-order valence-electron chi connectivity index (χ1n) is 10.6. The smallest absolute Gasteiger partial charge is 0.266 e. The monoisotopic (exact) mass is 384 g/mol. The van der Waals surface area contributed by atoms with Gasteiger partial charge in [-0.1, -0.05) is 20.8 Å². The van der Waals surface area contributed by atoms with E-state index < -0.39 is 0 Å². The molecule has 0 aromatic carbocycles. The molecule has 0 radical (unpaired) electrons. The van der Waals surface area contributed by atoms with E-state index in [-0.39, 0.29) is 11.0 Å². The second kappa shape index (κ2) is 7.78. The van der Waals surface area contributed by atoms with Crippen LogP contribution in [0.1, 0.15) is 63.8 Å². The zero-order valence-corrected chi connectivity index (χ0v) is 17.4. The molecule has 0 N–H and O–H groups in total. The molecule has 0 atom stereocenters. The van der Waals surface area contributed by atoms with Gasteiger partial charge < -0.3 is 4.57 Å². The minimum absolute atomic E-state index is 0.00511. The van der Waals surface area contributed by atoms with Crippen LogP contribution in [0.25, 0.3) is 0 Å². The van der Waals surface area contributed by atoms with Crippen LogP contribution in [0.5, 0.6) is 0 Å². The highest BCUT2D eigenvalue weighted by Gasteiger charge is 2.24. The number of nitrogens with zero attached hydrogens (tertiary/aromatic N) is 6. The molecule has 1 saturated heterocycles. The number of hydrogen-bond donors (Lipinski definition) is 0. The lowest BCUT2D eigenvalue weighted by atomic mass is 9.92. The van der Waals surface area contributed by atoms with Gasteiger partial charge in [0.15, 0.2) is 0 Å². The van der Waals surface area contributed by atoms with Crippen molar-refractivity contribution in [1.29, 1.82) is 0 Å². The summed E-state index contributed by atoms with van der Waals surface area (Å²) in [5.41, 5.74) is 0.933. The van der Waals surface area contributed by atoms with Gasteiger partial charge in [-0.25, -0.2) is 4.68 Å². The van der Waals surface area contributed by atoms with Crippen molar-refractivity contribution in [3.8, 4) is 0 Å². The van der Waals surface area contributed by atoms with Gasteiger partial charge in [0.2, 0.25) is 0 Å². The summed E-state index contributed by atoms with van der Waals surface area (Å²) >= 11 is 0. The number of rotatable bonds is 4. The Morgan fingerprint density at radius 2 is 1.86 bits per heavy atom. The fourth-order valence-corrected chi connectivity index (χ4v) is 4.24. The Balaban J connectivity index is 1.35. The zero-order valence-electron chi connectivity index (χ0n) is 17.4. The first-order valence-corrected chi connectivity index (χ1v) is 10.6. The van der Waals surface area contributed by atoms with Crippen molar-refractivity contribution in [3.63, 3.8) is 0 Å². The third-order valence-corrected chi connectivity index (χ3v) is 6.07. The second-order valence-corrected chi connectivity index (χ2v) is 9.35. The summed E-state index contributed by atoms with van der Waals surface area (Å²) < 4.78 is 3.99. The van der Waals surface area contributed by atoms with Crippen molar-refractivity contribution in [2.24, 2.45) is 5.92 Å². The van der Waals surface area contributed by atoms with E-state index in [0.29, 0.717) is 5.92 Å². The molecule has 0 saturated carbocycles. The summed E-state index contributed by atoms with van der Waals surface area (Å²) in [5.74, 6) is 2.77. The Kier molecular flexibility index (Phi) is 5.36. The normalized spacial score (nSPS) is 19.0. The van der Waals surface area contributed by atoms with E-state index in [2.05, 4.69) is 45.5 Å². The van der Waals surface area contributed by atoms with Gasteiger partial charge in [-0.2, -0.15) is 5.10 Å². The van der Waals surface area contributed by atoms with E-state index in [1.54, 1.807) is 10.7 Å². The molecule has 7 heteroatoms. The third-order valence-electron chi connectivity index (χ3n) is 6.07. The first-order chi connectivity index (χ1) is 13.4. The summed E-state index contributed by atoms with van der Waals surface area (Å²) in [6.45, 7) is 11.1. The van der Waals surface area contributed by atoms with Crippen molar-refractivity contribution >= 4 is 0 Å². The number of aromatic nitrogens is 5. The van der Waals surface area contributed by atoms with Gasteiger partial charge in [0, 0.05) is 31.0 Å². The van der Waals surface area contributed by atoms with Crippen LogP contribution in [-0.2, 0) is 31.5 Å². The molecule has 0 unspecified atom stereocenters. The summed E-state index contributed by atoms with van der Waals surface area (Å²) in [6.07, 6.45) is 5.71. The Morgan fingerprint density at radius 1 is 1.07 bits per heavy atom. The average molecular weight is 385 g/mol. The molecule has 2 aliphatic heterocycles. The highest BCUT2D eigenvalue weighted by atomic mass is 16.1. The van der Waals surface area contributed by atoms with Crippen molar-refractivity contribution in [1.82, 2.24) is 29.4 Å². The van der Waals surface area contributed by atoms with Crippen LogP contribution in [0.3, 0.4) is 0 Å². The molecule has 0 aliphatic carbocycles. The van der Waals surface area contributed by atoms with Crippen molar-refractivity contribution < 1.29 is 0 Å². The van der Waals surface area contributed by atoms with E-state index in [4.69, 9.17) is 0 Å². The van der Waals surface area contributed by atoms with Crippen LogP contribution in [-0.4, -0.2) is 42.5 Å². The van der Waals surface area contributed by atoms with E-state index in [1.807, 2.05) is 6.07 Å². The molecule has 0 bridgehead atoms. The van der Waals surface area contributed by atoms with Crippen LogP contribution in [0, 0.1) is 5.92 Å². The number of fused-ring (bicyclic) bond motifs is 1. The molecule has 0 spiro atoms. The largest absolute Gasteiger partial charge is 0.314 e. The van der Waals surface area contributed by atoms with Gasteiger partial charge in [0.25, 0.3) is 5.56 Å². The van der Waals surface area contributed by atoms with E-state index >= 15 is 0 Å². The molecule has 4 rings (SSSR count). The van der Waals surface area contributed by atoms with Crippen LogP contribution in [0.15, 0.2) is 16.9 Å². The molecule has 0 amide bonds. The van der Waals surface area contributed by atoms with E-state index in [9.17, 15) is 4.79 Å². The van der Waals surface area contributed by atoms with Gasteiger partial charge in [-0.3, -0.25) is 9.69 Å². The number of likely N-dealkylation sites (tertiary alicyclic amines) is 1. The Morgan fingerprint density at radius 3 is 2.61 bits per heavy atom. The second-order valence-electron chi connectivity index (χ2n) is 9.35. The molecule has 152 valence electrons. The SMILES string of the molecule is CC(C)(C)c1ccc(=O)n(CC2CCN(Cc3nnc4n3CCCC4)CC2)n1. The highest BCUT2D eigenvalue weighted by molar-refractivity contribution is 5.10. The number of aryl methyl sites for hydroxylation is 1. The highest BCUT2D eigenvalue weighted by Crippen LogP contribution is 2.22. The van der Waals surface area contributed by atoms with Gasteiger partial charge in [-0.15, -0.1) is 10.2 Å². The number of piperidine rings is 1. The lowest BCUT2D eigenvalue weighted by molar-refractivity contribution is 0.158.